The first-order valence-corrected chi connectivity index (χ1v) is 58.7. The molecule has 6 aliphatic carbocycles. The van der Waals surface area contributed by atoms with Crippen LogP contribution < -0.4 is 21.2 Å². The molecule has 5 heterocycles. The summed E-state index contributed by atoms with van der Waals surface area (Å²) < 4.78 is 32.0. The van der Waals surface area contributed by atoms with E-state index in [0.717, 1.165) is 67.2 Å². The molecule has 0 bridgehead atoms. The molecule has 0 radical (unpaired) electrons. The van der Waals surface area contributed by atoms with Crippen LogP contribution in [0.15, 0.2) is 322 Å². The zero-order chi connectivity index (χ0) is 98.4. The third kappa shape index (κ3) is 31.8. The van der Waals surface area contributed by atoms with E-state index in [-0.39, 0.29) is 74.6 Å². The molecule has 10 aromatic rings. The van der Waals surface area contributed by atoms with Crippen molar-refractivity contribution in [3.05, 3.63) is 336 Å². The first-order valence-electron chi connectivity index (χ1n) is 54.5. The molecular formula is C128H166Fe2N5O5P3. The van der Waals surface area contributed by atoms with Crippen molar-refractivity contribution in [1.29, 1.82) is 0 Å². The van der Waals surface area contributed by atoms with E-state index >= 15 is 0 Å². The number of hydrogen-bond acceptors (Lipinski definition) is 10. The number of aryl methyl sites for hydroxylation is 1. The van der Waals surface area contributed by atoms with Crippen molar-refractivity contribution in [3.63, 3.8) is 0 Å². The third-order valence-electron chi connectivity index (χ3n) is 30.7. The van der Waals surface area contributed by atoms with Crippen molar-refractivity contribution in [1.82, 2.24) is 0 Å². The van der Waals surface area contributed by atoms with Gasteiger partial charge in [-0.1, -0.05) is 471 Å². The van der Waals surface area contributed by atoms with Crippen LogP contribution in [0.25, 0.3) is 0 Å². The Bertz CT molecular complexity index is 5350. The predicted octanol–water partition coefficient (Wildman–Crippen LogP) is 31.9. The molecule has 21 rings (SSSR count). The second kappa shape index (κ2) is 55.9. The van der Waals surface area contributed by atoms with Crippen LogP contribution in [0, 0.1) is 40.9 Å². The van der Waals surface area contributed by atoms with Gasteiger partial charge in [0.1, 0.15) is 37.6 Å². The van der Waals surface area contributed by atoms with Gasteiger partial charge in [0.2, 0.25) is 11.8 Å². The molecule has 0 N–H and O–H groups in total. The van der Waals surface area contributed by atoms with Crippen molar-refractivity contribution in [3.8, 4) is 0 Å². The van der Waals surface area contributed by atoms with Gasteiger partial charge in [0.05, 0.1) is 24.2 Å². The van der Waals surface area contributed by atoms with Crippen LogP contribution in [0.5, 0.6) is 0 Å². The maximum absolute atomic E-state index is 7.94. The van der Waals surface area contributed by atoms with Crippen LogP contribution in [0.3, 0.4) is 0 Å². The summed E-state index contributed by atoms with van der Waals surface area (Å²) in [7, 11) is -1.43. The Balaban J connectivity index is 0.000000152. The molecule has 10 aromatic carbocycles. The van der Waals surface area contributed by atoms with Gasteiger partial charge in [-0.15, -0.1) is 0 Å². The molecule has 11 atom stereocenters. The molecule has 10 nitrogen and oxygen atoms in total. The Hall–Kier alpha value is -7.96. The summed E-state index contributed by atoms with van der Waals surface area (Å²) >= 11 is 0. The molecule has 4 unspecified atom stereocenters. The van der Waals surface area contributed by atoms with Crippen LogP contribution in [0.2, 0.25) is 0 Å². The van der Waals surface area contributed by atoms with Crippen molar-refractivity contribution >= 4 is 74.5 Å². The minimum atomic E-state index is -0.606. The van der Waals surface area contributed by atoms with Crippen molar-refractivity contribution in [2.45, 2.75) is 347 Å². The molecule has 15 heteroatoms. The maximum Gasteiger partial charge on any atom is 0.216 e. The molecule has 0 amide bonds. The van der Waals surface area contributed by atoms with E-state index in [2.05, 4.69) is 385 Å². The van der Waals surface area contributed by atoms with Gasteiger partial charge in [-0.05, 0) is 183 Å². The molecule has 11 aliphatic rings. The Morgan fingerprint density at radius 2 is 0.755 bits per heavy atom. The Kier molecular flexibility index (Phi) is 43.9. The fraction of sp³-hybridized carbons (Fsp3) is 0.492. The van der Waals surface area contributed by atoms with Gasteiger partial charge in [0.25, 0.3) is 0 Å². The van der Waals surface area contributed by atoms with E-state index in [0.29, 0.717) is 65.0 Å². The number of nitrogens with zero attached hydrogens (tertiary/aromatic N) is 5. The number of benzene rings is 10. The zero-order valence-corrected chi connectivity index (χ0v) is 93.2. The first-order chi connectivity index (χ1) is 68.5. The summed E-state index contributed by atoms with van der Waals surface area (Å²) in [4.78, 5) is 25.3. The van der Waals surface area contributed by atoms with Gasteiger partial charge in [-0.2, -0.15) is 0 Å². The number of rotatable bonds is 22. The van der Waals surface area contributed by atoms with Crippen LogP contribution in [-0.4, -0.2) is 108 Å². The monoisotopic (exact) mass is 2060 g/mol. The maximum atomic E-state index is 7.94. The van der Waals surface area contributed by atoms with E-state index in [1.807, 2.05) is 12.1 Å². The second-order valence-electron chi connectivity index (χ2n) is 44.9. The summed E-state index contributed by atoms with van der Waals surface area (Å²) in [6, 6.07) is 108. The van der Waals surface area contributed by atoms with Gasteiger partial charge in [-0.3, -0.25) is 4.99 Å². The zero-order valence-electron chi connectivity index (χ0n) is 88.3. The topological polar surface area (TPSA) is 108 Å². The predicted molar refractivity (Wildman–Crippen MR) is 604 cm³/mol. The van der Waals surface area contributed by atoms with E-state index in [1.54, 1.807) is 0 Å². The van der Waals surface area contributed by atoms with Gasteiger partial charge in [0, 0.05) is 106 Å². The molecule has 6 saturated carbocycles. The Labute approximate surface area is 887 Å². The van der Waals surface area contributed by atoms with Crippen LogP contribution in [-0.2, 0) is 70.5 Å². The van der Waals surface area contributed by atoms with E-state index in [4.69, 9.17) is 38.4 Å². The number of hydrogen-bond donors (Lipinski definition) is 0. The van der Waals surface area contributed by atoms with Gasteiger partial charge in [0.15, 0.2) is 11.8 Å². The van der Waals surface area contributed by atoms with Gasteiger partial charge in [-0.25, -0.2) is 20.0 Å². The minimum absolute atomic E-state index is 0. The number of aliphatic imine (C=N–C) groups is 5. The van der Waals surface area contributed by atoms with Gasteiger partial charge < -0.3 is 23.5 Å². The molecular weight excluding hydrogens is 1890 g/mol. The largest absolute Gasteiger partial charge is 0.478 e. The van der Waals surface area contributed by atoms with Crippen LogP contribution >= 0.6 is 24.0 Å². The molecule has 0 aromatic heterocycles. The molecule has 0 saturated heterocycles. The third-order valence-corrected chi connectivity index (χ3v) is 39.7. The minimum Gasteiger partial charge on any atom is -0.478 e. The molecule has 0 spiro atoms. The van der Waals surface area contributed by atoms with E-state index < -0.39 is 29.6 Å². The first kappa shape index (κ1) is 112. The summed E-state index contributed by atoms with van der Waals surface area (Å²) in [6.45, 7) is 30.6. The number of ether oxygens (including phenoxy) is 4. The normalized spacial score (nSPS) is 23.1. The van der Waals surface area contributed by atoms with E-state index in [9.17, 15) is 0 Å². The van der Waals surface area contributed by atoms with Crippen molar-refractivity contribution in [2.24, 2.45) is 59.0 Å². The van der Waals surface area contributed by atoms with Crippen molar-refractivity contribution in [2.75, 3.05) is 19.8 Å². The Morgan fingerprint density at radius 1 is 0.364 bits per heavy atom. The quantitative estimate of drug-likeness (QED) is 0.0496. The smallest absolute Gasteiger partial charge is 0.216 e. The second-order valence-corrected chi connectivity index (χ2v) is 52.2. The summed E-state index contributed by atoms with van der Waals surface area (Å²) in [6.07, 6.45) is 38.8. The molecule has 764 valence electrons. The van der Waals surface area contributed by atoms with Gasteiger partial charge >= 0.3 is 0 Å². The fourth-order valence-electron chi connectivity index (χ4n) is 22.6. The molecule has 5 aliphatic heterocycles. The fourth-order valence-corrected chi connectivity index (χ4v) is 32.2. The van der Waals surface area contributed by atoms with Crippen LogP contribution in [0.1, 0.15) is 307 Å². The summed E-state index contributed by atoms with van der Waals surface area (Å²) in [5.41, 5.74) is 12.9. The molecule has 143 heavy (non-hydrogen) atoms. The summed E-state index contributed by atoms with van der Waals surface area (Å²) in [5.74, 6) is 5.55. The Morgan fingerprint density at radius 3 is 1.17 bits per heavy atom. The average molecular weight is 2060 g/mol. The average Bonchev–Trinajstić information content (AvgIpc) is 1.63. The van der Waals surface area contributed by atoms with E-state index in [1.165, 1.54) is 222 Å². The summed E-state index contributed by atoms with van der Waals surface area (Å²) in [5, 5.41) is 5.96. The van der Waals surface area contributed by atoms with Crippen molar-refractivity contribution < 1.29 is 57.6 Å². The standard InChI is InChI=1S/C37H46NO2P.C33H32NP.C23H28NOP.C14H19NO.C11H21NO.2C5H10.2Fe/c1-29-35(38-36(39-29)32-21-11-4-12-22-32)37(27-30-17-7-2-8-18-30,28-31-19-9-3-10-20-31)40-41(33-23-13-5-14-24-33)34-25-15-6-16-26-34;1-5-14-25(15-6-1)30-24-31(34-33(30)26-16-7-2-8-17-26)29-22-13-23-32(29)35(27-18-9-3-10-19-27)28-20-11-4-12-21-28;1-17(2)21-16-25-23(24-21)20-14-9-15-22(20)26(18-10-5-3-6-11-18)19-12-7-4-8-13-19;1-10-7-5-6-8-11(10)13-15-12(9-16-13)14(2,3)4;1-10(2,3)8-7-13-9(12-8)11(4,5)6;2*1-2-4-5-3-1;;/h2-4,7-12,17-22,29,33-35H,5-6,13-16,23-28H2,1H3;1-12,14-21,29-30,32-33H,13,22-24H2;3-8,10-13,17,20-22H,9,14-16H2,1-2H3;5-8,12H,9H2,1-4H3;8H,7H2,1-6H3;2*1-5H2;;/t29-,35-;29?,30-,32?,33-;20?,21-,22?;12-;8-;;;;/m00011..../s1. The molecule has 6 fully saturated rings. The van der Waals surface area contributed by atoms with Crippen LogP contribution in [0.4, 0.5) is 0 Å². The SMILES string of the molecule is C1CCCC1.C1CCCC1.CC(C)(C)C1=N[C@@H](C(C)(C)C)CO1.CC(C)[C@@H]1COC(C2CCCC2P(c2ccccc2)c2ccccc2)=N1.C[C@@H]1OC(c2ccccc2)=N[C@@H]1C(Cc1ccccc1)(Cc1ccccc1)OP(C1CCCCC1)C1CCCCC1.Cc1ccccc1C1=N[C@@H](C(C)(C)C)CO1.[Fe].[Fe].c1ccc([C@@H]2CC(C3CCCC3P(c3ccccc3)c3ccccc3)=N[C@H]2c2ccccc2)cc1.